The smallest absolute Gasteiger partial charge is 0.0753 e. The van der Waals surface area contributed by atoms with Crippen molar-refractivity contribution in [2.75, 3.05) is 19.7 Å². The monoisotopic (exact) mass is 241 g/mol. The Balaban J connectivity index is 2.06. The molecule has 3 heteroatoms. The van der Waals surface area contributed by atoms with Gasteiger partial charge in [0, 0.05) is 19.1 Å². The molecule has 2 atom stereocenters. The third kappa shape index (κ3) is 2.83. The van der Waals surface area contributed by atoms with Gasteiger partial charge in [0.05, 0.1) is 18.3 Å². The van der Waals surface area contributed by atoms with Crippen LogP contribution in [0, 0.1) is 5.41 Å². The predicted molar refractivity (Wildman–Crippen MR) is 69.0 cm³/mol. The molecule has 2 fully saturated rings. The summed E-state index contributed by atoms with van der Waals surface area (Å²) in [7, 11) is 0. The van der Waals surface area contributed by atoms with Crippen molar-refractivity contribution >= 4 is 0 Å². The van der Waals surface area contributed by atoms with Gasteiger partial charge in [-0.2, -0.15) is 0 Å². The van der Waals surface area contributed by atoms with Crippen molar-refractivity contribution in [3.8, 4) is 0 Å². The van der Waals surface area contributed by atoms with Crippen molar-refractivity contribution < 1.29 is 9.84 Å². The molecule has 0 aromatic carbocycles. The molecule has 100 valence electrons. The van der Waals surface area contributed by atoms with Crippen LogP contribution in [-0.2, 0) is 4.74 Å². The first kappa shape index (κ1) is 13.3. The quantitative estimate of drug-likeness (QED) is 0.762. The maximum absolute atomic E-state index is 10.5. The van der Waals surface area contributed by atoms with Crippen LogP contribution in [0.25, 0.3) is 0 Å². The number of morpholine rings is 1. The minimum absolute atomic E-state index is 0.0609. The van der Waals surface area contributed by atoms with Crippen LogP contribution in [0.5, 0.6) is 0 Å². The van der Waals surface area contributed by atoms with Crippen molar-refractivity contribution in [1.29, 1.82) is 0 Å². The largest absolute Gasteiger partial charge is 0.391 e. The molecule has 1 N–H and O–H groups in total. The Kier molecular flexibility index (Phi) is 3.54. The van der Waals surface area contributed by atoms with Gasteiger partial charge in [0.2, 0.25) is 0 Å². The van der Waals surface area contributed by atoms with Gasteiger partial charge in [0.15, 0.2) is 0 Å². The van der Waals surface area contributed by atoms with Crippen LogP contribution in [0.2, 0.25) is 0 Å². The second kappa shape index (κ2) is 4.52. The summed E-state index contributed by atoms with van der Waals surface area (Å²) in [6.07, 6.45) is 3.29. The van der Waals surface area contributed by atoms with E-state index in [1.165, 1.54) is 6.42 Å². The van der Waals surface area contributed by atoms with Gasteiger partial charge in [-0.1, -0.05) is 20.3 Å². The lowest BCUT2D eigenvalue weighted by molar-refractivity contribution is -0.132. The molecule has 17 heavy (non-hydrogen) atoms. The molecule has 1 heterocycles. The van der Waals surface area contributed by atoms with E-state index in [0.29, 0.717) is 6.04 Å². The predicted octanol–water partition coefficient (Wildman–Crippen LogP) is 2.04. The molecule has 0 radical (unpaired) electrons. The molecule has 0 spiro atoms. The van der Waals surface area contributed by atoms with Gasteiger partial charge < -0.3 is 9.84 Å². The van der Waals surface area contributed by atoms with Crippen LogP contribution in [0.1, 0.15) is 47.0 Å². The molecule has 2 aliphatic rings. The summed E-state index contributed by atoms with van der Waals surface area (Å²) < 4.78 is 5.75. The summed E-state index contributed by atoms with van der Waals surface area (Å²) in [4.78, 5) is 2.44. The number of aliphatic hydroxyl groups is 1. The molecule has 0 bridgehead atoms. The summed E-state index contributed by atoms with van der Waals surface area (Å²) >= 11 is 0. The lowest BCUT2D eigenvalue weighted by Gasteiger charge is -2.49. The number of nitrogens with zero attached hydrogens (tertiary/aromatic N) is 1. The highest BCUT2D eigenvalue weighted by atomic mass is 16.5. The number of aliphatic hydroxyl groups excluding tert-OH is 1. The highest BCUT2D eigenvalue weighted by Crippen LogP contribution is 2.38. The van der Waals surface area contributed by atoms with E-state index in [1.807, 2.05) is 0 Å². The molecule has 1 saturated heterocycles. The normalized spacial score (nSPS) is 37.9. The molecule has 0 amide bonds. The molecule has 3 nitrogen and oxygen atoms in total. The molecule has 0 aromatic rings. The van der Waals surface area contributed by atoms with E-state index < -0.39 is 0 Å². The van der Waals surface area contributed by atoms with Crippen LogP contribution < -0.4 is 0 Å². The van der Waals surface area contributed by atoms with Gasteiger partial charge >= 0.3 is 0 Å². The SMILES string of the molecule is CC1(C)CN(C2CCCC(C)(C)C2O)CCO1. The van der Waals surface area contributed by atoms with Crippen molar-refractivity contribution in [3.63, 3.8) is 0 Å². The molecule has 2 rings (SSSR count). The third-order valence-corrected chi connectivity index (χ3v) is 4.41. The Morgan fingerprint density at radius 3 is 2.59 bits per heavy atom. The fraction of sp³-hybridized carbons (Fsp3) is 1.00. The van der Waals surface area contributed by atoms with E-state index in [-0.39, 0.29) is 17.1 Å². The van der Waals surface area contributed by atoms with Crippen LogP contribution >= 0.6 is 0 Å². The van der Waals surface area contributed by atoms with Gasteiger partial charge in [-0.15, -0.1) is 0 Å². The van der Waals surface area contributed by atoms with Gasteiger partial charge in [-0.3, -0.25) is 4.90 Å². The van der Waals surface area contributed by atoms with E-state index in [4.69, 9.17) is 4.74 Å². The average molecular weight is 241 g/mol. The van der Waals surface area contributed by atoms with Gasteiger partial charge in [-0.25, -0.2) is 0 Å². The van der Waals surface area contributed by atoms with Gasteiger partial charge in [-0.05, 0) is 32.1 Å². The molecule has 0 aromatic heterocycles. The zero-order valence-electron chi connectivity index (χ0n) is 11.7. The summed E-state index contributed by atoms with van der Waals surface area (Å²) in [6, 6.07) is 0.321. The minimum atomic E-state index is -0.204. The summed E-state index contributed by atoms with van der Waals surface area (Å²) in [6.45, 7) is 11.3. The van der Waals surface area contributed by atoms with E-state index in [9.17, 15) is 5.11 Å². The number of hydrogen-bond acceptors (Lipinski definition) is 3. The van der Waals surface area contributed by atoms with Gasteiger partial charge in [0.25, 0.3) is 0 Å². The lowest BCUT2D eigenvalue weighted by atomic mass is 9.72. The first-order chi connectivity index (χ1) is 7.82. The van der Waals surface area contributed by atoms with Crippen LogP contribution in [0.3, 0.4) is 0 Å². The van der Waals surface area contributed by atoms with Crippen molar-refractivity contribution in [2.45, 2.75) is 64.7 Å². The number of hydrogen-bond donors (Lipinski definition) is 1. The van der Waals surface area contributed by atoms with Crippen LogP contribution in [0.4, 0.5) is 0 Å². The maximum Gasteiger partial charge on any atom is 0.0753 e. The lowest BCUT2D eigenvalue weighted by Crippen LogP contribution is -2.59. The van der Waals surface area contributed by atoms with E-state index in [1.54, 1.807) is 0 Å². The second-order valence-corrected chi connectivity index (χ2v) is 6.97. The topological polar surface area (TPSA) is 32.7 Å². The van der Waals surface area contributed by atoms with Crippen molar-refractivity contribution in [2.24, 2.45) is 5.41 Å². The first-order valence-corrected chi connectivity index (χ1v) is 6.88. The van der Waals surface area contributed by atoms with Crippen LogP contribution in [0.15, 0.2) is 0 Å². The summed E-state index contributed by atoms with van der Waals surface area (Å²) in [5, 5.41) is 10.5. The Morgan fingerprint density at radius 2 is 1.94 bits per heavy atom. The fourth-order valence-corrected chi connectivity index (χ4v) is 3.31. The molecule has 1 aliphatic heterocycles. The maximum atomic E-state index is 10.5. The Morgan fingerprint density at radius 1 is 1.24 bits per heavy atom. The Hall–Kier alpha value is -0.120. The highest BCUT2D eigenvalue weighted by Gasteiger charge is 2.42. The molecule has 2 unspecified atom stereocenters. The van der Waals surface area contributed by atoms with Crippen molar-refractivity contribution in [3.05, 3.63) is 0 Å². The third-order valence-electron chi connectivity index (χ3n) is 4.41. The molecule has 1 saturated carbocycles. The zero-order chi connectivity index (χ0) is 12.7. The fourth-order valence-electron chi connectivity index (χ4n) is 3.31. The number of rotatable bonds is 1. The Labute approximate surface area is 105 Å². The minimum Gasteiger partial charge on any atom is -0.391 e. The summed E-state index contributed by atoms with van der Waals surface area (Å²) in [5.41, 5.74) is -0.00900. The number of ether oxygens (including phenoxy) is 1. The van der Waals surface area contributed by atoms with Crippen LogP contribution in [-0.4, -0.2) is 47.4 Å². The zero-order valence-corrected chi connectivity index (χ0v) is 11.7. The standard InChI is InChI=1S/C14H27NO2/c1-13(2)7-5-6-11(12(13)16)15-8-9-17-14(3,4)10-15/h11-12,16H,5-10H2,1-4H3. The molecular formula is C14H27NO2. The second-order valence-electron chi connectivity index (χ2n) is 6.97. The van der Waals surface area contributed by atoms with E-state index >= 15 is 0 Å². The van der Waals surface area contributed by atoms with E-state index in [2.05, 4.69) is 32.6 Å². The van der Waals surface area contributed by atoms with Gasteiger partial charge in [0.1, 0.15) is 0 Å². The highest BCUT2D eigenvalue weighted by molar-refractivity contribution is 4.95. The molecular weight excluding hydrogens is 214 g/mol. The first-order valence-electron chi connectivity index (χ1n) is 6.88. The average Bonchev–Trinajstić information content (AvgIpc) is 2.20. The van der Waals surface area contributed by atoms with Crippen molar-refractivity contribution in [1.82, 2.24) is 4.90 Å². The Bertz CT molecular complexity index is 275. The summed E-state index contributed by atoms with van der Waals surface area (Å²) in [5.74, 6) is 0. The van der Waals surface area contributed by atoms with E-state index in [0.717, 1.165) is 32.5 Å². The molecule has 1 aliphatic carbocycles.